The van der Waals surface area contributed by atoms with Crippen LogP contribution in [0, 0.1) is 0 Å². The summed E-state index contributed by atoms with van der Waals surface area (Å²) in [4.78, 5) is 25.2. The van der Waals surface area contributed by atoms with E-state index in [2.05, 4.69) is 38.2 Å². The fourth-order valence-corrected chi connectivity index (χ4v) is 6.68. The molecule has 0 spiro atoms. The average Bonchev–Trinajstić information content (AvgIpc) is 3.10. The van der Waals surface area contributed by atoms with E-state index in [9.17, 15) is 22.6 Å². The summed E-state index contributed by atoms with van der Waals surface area (Å²) in [6, 6.07) is 3.70. The maximum atomic E-state index is 13.0. The molecule has 286 valence electrons. The van der Waals surface area contributed by atoms with Gasteiger partial charge in [-0.3, -0.25) is 4.55 Å². The third-order valence-electron chi connectivity index (χ3n) is 9.01. The molecule has 0 saturated carbocycles. The Balaban J connectivity index is 2.34. The van der Waals surface area contributed by atoms with E-state index in [1.165, 1.54) is 141 Å². The average molecular weight is 719 g/mol. The lowest BCUT2D eigenvalue weighted by Gasteiger charge is -2.12. The minimum Gasteiger partial charge on any atom is -0.462 e. The highest BCUT2D eigenvalue weighted by atomic mass is 32.2. The molecule has 8 heteroatoms. The van der Waals surface area contributed by atoms with Crippen molar-refractivity contribution < 1.29 is 32.0 Å². The maximum absolute atomic E-state index is 13.0. The molecule has 0 amide bonds. The molecule has 0 aromatic heterocycles. The van der Waals surface area contributed by atoms with Crippen molar-refractivity contribution in [3.8, 4) is 0 Å². The predicted octanol–water partition coefficient (Wildman–Crippen LogP) is 12.5. The highest BCUT2D eigenvalue weighted by molar-refractivity contribution is 7.86. The maximum Gasteiger partial charge on any atom is 0.340 e. The van der Waals surface area contributed by atoms with E-state index in [4.69, 9.17) is 9.47 Å². The Morgan fingerprint density at radius 3 is 1.30 bits per heavy atom. The SMILES string of the molecule is CCCCCCCCCCCC/C=C/CCCOC(=O)c1cccc(S(=O)(=O)O)c1C(=O)OCCC/C=C/CCCCCCCCCCCC. The second-order valence-electron chi connectivity index (χ2n) is 13.6. The van der Waals surface area contributed by atoms with Crippen LogP contribution < -0.4 is 0 Å². The summed E-state index contributed by atoms with van der Waals surface area (Å²) in [5.41, 5.74) is -0.731. The lowest BCUT2D eigenvalue weighted by Crippen LogP contribution is -2.19. The van der Waals surface area contributed by atoms with Gasteiger partial charge in [-0.25, -0.2) is 9.59 Å². The molecule has 0 radical (unpaired) electrons. The third kappa shape index (κ3) is 23.9. The molecule has 0 aliphatic heterocycles. The molecule has 0 bridgehead atoms. The fraction of sp³-hybridized carbons (Fsp3) is 0.714. The van der Waals surface area contributed by atoms with Crippen LogP contribution in [0.25, 0.3) is 0 Å². The third-order valence-corrected chi connectivity index (χ3v) is 9.90. The Kier molecular flexibility index (Phi) is 28.5. The van der Waals surface area contributed by atoms with Gasteiger partial charge in [-0.05, 0) is 63.5 Å². The van der Waals surface area contributed by atoms with Gasteiger partial charge in [-0.1, -0.05) is 160 Å². The van der Waals surface area contributed by atoms with Crippen LogP contribution in [0.15, 0.2) is 47.4 Å². The van der Waals surface area contributed by atoms with Crippen molar-refractivity contribution in [3.05, 3.63) is 53.6 Å². The number of carbonyl (C=O) groups is 2. The molecular weight excluding hydrogens is 649 g/mol. The summed E-state index contributed by atoms with van der Waals surface area (Å²) in [5.74, 6) is -1.80. The van der Waals surface area contributed by atoms with E-state index in [0.29, 0.717) is 19.3 Å². The summed E-state index contributed by atoms with van der Waals surface area (Å²) in [6.07, 6.45) is 39.4. The molecule has 7 nitrogen and oxygen atoms in total. The van der Waals surface area contributed by atoms with Gasteiger partial charge in [-0.2, -0.15) is 8.42 Å². The number of hydrogen-bond acceptors (Lipinski definition) is 6. The van der Waals surface area contributed by atoms with Gasteiger partial charge in [0.05, 0.1) is 24.3 Å². The number of carbonyl (C=O) groups excluding carboxylic acids is 2. The molecule has 1 aromatic carbocycles. The van der Waals surface area contributed by atoms with Crippen molar-refractivity contribution >= 4 is 22.1 Å². The predicted molar refractivity (Wildman–Crippen MR) is 206 cm³/mol. The topological polar surface area (TPSA) is 107 Å². The zero-order chi connectivity index (χ0) is 36.5. The van der Waals surface area contributed by atoms with Gasteiger partial charge in [0.1, 0.15) is 4.90 Å². The Labute approximate surface area is 305 Å². The summed E-state index contributed by atoms with van der Waals surface area (Å²) in [6.45, 7) is 4.67. The van der Waals surface area contributed by atoms with Gasteiger partial charge in [0.25, 0.3) is 10.1 Å². The number of hydrogen-bond donors (Lipinski definition) is 1. The second kappa shape index (κ2) is 31.3. The molecule has 1 N–H and O–H groups in total. The zero-order valence-corrected chi connectivity index (χ0v) is 32.5. The lowest BCUT2D eigenvalue weighted by atomic mass is 10.1. The minimum absolute atomic E-state index is 0.0567. The summed E-state index contributed by atoms with van der Waals surface area (Å²) < 4.78 is 44.6. The van der Waals surface area contributed by atoms with Crippen LogP contribution >= 0.6 is 0 Å². The molecule has 1 rings (SSSR count). The molecule has 0 saturated heterocycles. The van der Waals surface area contributed by atoms with Crippen molar-refractivity contribution in [1.82, 2.24) is 0 Å². The van der Waals surface area contributed by atoms with E-state index in [-0.39, 0.29) is 18.8 Å². The monoisotopic (exact) mass is 718 g/mol. The molecule has 0 fully saturated rings. The Morgan fingerprint density at radius 2 is 0.900 bits per heavy atom. The number of allylic oxidation sites excluding steroid dienone is 4. The molecule has 0 atom stereocenters. The van der Waals surface area contributed by atoms with E-state index >= 15 is 0 Å². The van der Waals surface area contributed by atoms with Crippen molar-refractivity contribution in [1.29, 1.82) is 0 Å². The number of esters is 2. The van der Waals surface area contributed by atoms with Gasteiger partial charge in [-0.15, -0.1) is 0 Å². The molecule has 0 unspecified atom stereocenters. The van der Waals surface area contributed by atoms with Crippen LogP contribution in [0.4, 0.5) is 0 Å². The molecule has 1 aromatic rings. The van der Waals surface area contributed by atoms with Crippen molar-refractivity contribution in [2.24, 2.45) is 0 Å². The smallest absolute Gasteiger partial charge is 0.340 e. The first-order chi connectivity index (χ1) is 24.3. The molecular formula is C42H70O7S. The Hall–Kier alpha value is -2.45. The van der Waals surface area contributed by atoms with Crippen molar-refractivity contribution in [2.75, 3.05) is 13.2 Å². The first-order valence-electron chi connectivity index (χ1n) is 20.1. The van der Waals surface area contributed by atoms with E-state index < -0.39 is 32.5 Å². The Bertz CT molecular complexity index is 1170. The van der Waals surface area contributed by atoms with Crippen LogP contribution in [0.5, 0.6) is 0 Å². The number of benzene rings is 1. The summed E-state index contributed by atoms with van der Waals surface area (Å²) >= 11 is 0. The number of ether oxygens (including phenoxy) is 2. The van der Waals surface area contributed by atoms with Gasteiger partial charge in [0, 0.05) is 0 Å². The standard InChI is InChI=1S/C42H70O7S/c1-3-5-7-9-11-13-15-17-19-21-23-25-27-29-31-36-48-41(43)38-34-33-35-39(50(45,46)47)40(38)42(44)49-37-32-30-28-26-24-22-20-18-16-14-12-10-8-6-4-2/h25-28,33-35H,3-24,29-32,36-37H2,1-2H3,(H,45,46,47)/b27-25+,28-26+. The van der Waals surface area contributed by atoms with Crippen LogP contribution in [0.2, 0.25) is 0 Å². The summed E-state index contributed by atoms with van der Waals surface area (Å²) in [5, 5.41) is 0. The van der Waals surface area contributed by atoms with E-state index in [1.54, 1.807) is 0 Å². The summed E-state index contributed by atoms with van der Waals surface area (Å²) in [7, 11) is -4.78. The van der Waals surface area contributed by atoms with Crippen LogP contribution in [0.1, 0.15) is 202 Å². The van der Waals surface area contributed by atoms with Crippen molar-refractivity contribution in [2.45, 2.75) is 186 Å². The quantitative estimate of drug-likeness (QED) is 0.0333. The van der Waals surface area contributed by atoms with Crippen molar-refractivity contribution in [3.63, 3.8) is 0 Å². The van der Waals surface area contributed by atoms with Gasteiger partial charge in [0.15, 0.2) is 0 Å². The lowest BCUT2D eigenvalue weighted by molar-refractivity contribution is 0.0450. The van der Waals surface area contributed by atoms with Gasteiger partial charge in [0.2, 0.25) is 0 Å². The van der Waals surface area contributed by atoms with Crippen LogP contribution in [-0.4, -0.2) is 38.1 Å². The zero-order valence-electron chi connectivity index (χ0n) is 31.6. The van der Waals surface area contributed by atoms with Crippen LogP contribution in [0.3, 0.4) is 0 Å². The molecule has 0 aliphatic carbocycles. The molecule has 50 heavy (non-hydrogen) atoms. The first-order valence-corrected chi connectivity index (χ1v) is 21.5. The second-order valence-corrected chi connectivity index (χ2v) is 15.0. The Morgan fingerprint density at radius 1 is 0.540 bits per heavy atom. The van der Waals surface area contributed by atoms with E-state index in [0.717, 1.165) is 25.3 Å². The molecule has 0 aliphatic rings. The van der Waals surface area contributed by atoms with E-state index in [1.807, 2.05) is 0 Å². The highest BCUT2D eigenvalue weighted by Gasteiger charge is 2.28. The molecule has 0 heterocycles. The largest absolute Gasteiger partial charge is 0.462 e. The first kappa shape index (κ1) is 45.6. The number of unbranched alkanes of at least 4 members (excludes halogenated alkanes) is 22. The van der Waals surface area contributed by atoms with Gasteiger partial charge >= 0.3 is 11.9 Å². The highest BCUT2D eigenvalue weighted by Crippen LogP contribution is 2.23. The van der Waals surface area contributed by atoms with Crippen LogP contribution in [-0.2, 0) is 19.6 Å². The fourth-order valence-electron chi connectivity index (χ4n) is 5.98. The van der Waals surface area contributed by atoms with Gasteiger partial charge < -0.3 is 9.47 Å². The number of rotatable bonds is 33. The normalized spacial score (nSPS) is 11.9. The minimum atomic E-state index is -4.78.